The van der Waals surface area contributed by atoms with Crippen molar-refractivity contribution in [2.45, 2.75) is 52.6 Å². The maximum absolute atomic E-state index is 11.9. The fourth-order valence-corrected chi connectivity index (χ4v) is 2.69. The largest absolute Gasteiger partial charge is 0.446 e. The summed E-state index contributed by atoms with van der Waals surface area (Å²) in [4.78, 5) is 11.9. The van der Waals surface area contributed by atoms with Gasteiger partial charge >= 0.3 is 6.09 Å². The Morgan fingerprint density at radius 1 is 1.26 bits per heavy atom. The Labute approximate surface area is 115 Å². The highest BCUT2D eigenvalue weighted by Crippen LogP contribution is 2.26. The molecule has 3 nitrogen and oxygen atoms in total. The number of carbonyl (C=O) groups is 1. The maximum atomic E-state index is 11.9. The number of hydrogen-bond donors (Lipinski definition) is 1. The summed E-state index contributed by atoms with van der Waals surface area (Å²) in [5, 5.41) is 2.84. The third-order valence-electron chi connectivity index (χ3n) is 3.91. The standard InChI is InChI=1S/C16H23NO2/c1-11-8-9-14(13(3)10-11)17-16(18)19-15-7-5-4-6-12(15)2/h8-10,12,15H,4-7H2,1-3H3,(H,17,18)/t12-,15-/m1/s1. The molecule has 1 aromatic rings. The second kappa shape index (κ2) is 6.09. The first kappa shape index (κ1) is 13.9. The number of amides is 1. The first-order valence-electron chi connectivity index (χ1n) is 7.11. The lowest BCUT2D eigenvalue weighted by atomic mass is 9.88. The zero-order chi connectivity index (χ0) is 13.8. The van der Waals surface area contributed by atoms with Crippen LogP contribution in [0, 0.1) is 19.8 Å². The number of nitrogens with one attached hydrogen (secondary N) is 1. The van der Waals surface area contributed by atoms with E-state index in [1.807, 2.05) is 26.0 Å². The van der Waals surface area contributed by atoms with Crippen LogP contribution in [0.15, 0.2) is 18.2 Å². The minimum Gasteiger partial charge on any atom is -0.446 e. The Morgan fingerprint density at radius 2 is 2.00 bits per heavy atom. The fourth-order valence-electron chi connectivity index (χ4n) is 2.69. The average Bonchev–Trinajstić information content (AvgIpc) is 2.36. The van der Waals surface area contributed by atoms with E-state index in [2.05, 4.69) is 18.3 Å². The first-order chi connectivity index (χ1) is 9.06. The number of anilines is 1. The summed E-state index contributed by atoms with van der Waals surface area (Å²) < 4.78 is 5.54. The van der Waals surface area contributed by atoms with Crippen LogP contribution in [0.5, 0.6) is 0 Å². The van der Waals surface area contributed by atoms with Crippen LogP contribution in [-0.2, 0) is 4.74 Å². The zero-order valence-corrected chi connectivity index (χ0v) is 12.0. The lowest BCUT2D eigenvalue weighted by molar-refractivity contribution is 0.0524. The Kier molecular flexibility index (Phi) is 4.46. The quantitative estimate of drug-likeness (QED) is 0.855. The van der Waals surface area contributed by atoms with Gasteiger partial charge < -0.3 is 4.74 Å². The molecular formula is C16H23NO2. The Balaban J connectivity index is 1.93. The third kappa shape index (κ3) is 3.72. The van der Waals surface area contributed by atoms with Crippen molar-refractivity contribution in [1.82, 2.24) is 0 Å². The molecule has 3 heteroatoms. The fraction of sp³-hybridized carbons (Fsp3) is 0.562. The first-order valence-corrected chi connectivity index (χ1v) is 7.11. The van der Waals surface area contributed by atoms with Crippen molar-refractivity contribution in [2.75, 3.05) is 5.32 Å². The summed E-state index contributed by atoms with van der Waals surface area (Å²) >= 11 is 0. The summed E-state index contributed by atoms with van der Waals surface area (Å²) in [5.74, 6) is 0.471. The van der Waals surface area contributed by atoms with E-state index in [0.29, 0.717) is 5.92 Å². The molecule has 1 aliphatic carbocycles. The highest BCUT2D eigenvalue weighted by atomic mass is 16.6. The smallest absolute Gasteiger partial charge is 0.411 e. The summed E-state index contributed by atoms with van der Waals surface area (Å²) in [6.07, 6.45) is 4.29. The molecule has 1 aliphatic rings. The van der Waals surface area contributed by atoms with Gasteiger partial charge in [-0.15, -0.1) is 0 Å². The molecule has 104 valence electrons. The SMILES string of the molecule is Cc1ccc(NC(=O)O[C@@H]2CCCC[C@H]2C)c(C)c1. The van der Waals surface area contributed by atoms with Crippen molar-refractivity contribution >= 4 is 11.8 Å². The molecule has 1 fully saturated rings. The molecule has 1 aromatic carbocycles. The molecule has 2 rings (SSSR count). The topological polar surface area (TPSA) is 38.3 Å². The van der Waals surface area contributed by atoms with Gasteiger partial charge in [0, 0.05) is 5.69 Å². The van der Waals surface area contributed by atoms with Crippen LogP contribution in [0.25, 0.3) is 0 Å². The molecule has 0 aliphatic heterocycles. The Hall–Kier alpha value is -1.51. The molecule has 1 amide bonds. The van der Waals surface area contributed by atoms with E-state index in [-0.39, 0.29) is 12.2 Å². The minimum absolute atomic E-state index is 0.0690. The average molecular weight is 261 g/mol. The van der Waals surface area contributed by atoms with Crippen molar-refractivity contribution in [3.63, 3.8) is 0 Å². The Morgan fingerprint density at radius 3 is 2.68 bits per heavy atom. The molecule has 0 unspecified atom stereocenters. The van der Waals surface area contributed by atoms with E-state index in [0.717, 1.165) is 30.5 Å². The van der Waals surface area contributed by atoms with Crippen LogP contribution in [0.2, 0.25) is 0 Å². The second-order valence-corrected chi connectivity index (χ2v) is 5.65. The van der Waals surface area contributed by atoms with Crippen molar-refractivity contribution in [2.24, 2.45) is 5.92 Å². The number of ether oxygens (including phenoxy) is 1. The Bertz CT molecular complexity index is 456. The molecule has 2 atom stereocenters. The van der Waals surface area contributed by atoms with Gasteiger partial charge in [0.2, 0.25) is 0 Å². The van der Waals surface area contributed by atoms with E-state index in [9.17, 15) is 4.79 Å². The van der Waals surface area contributed by atoms with Crippen LogP contribution < -0.4 is 5.32 Å². The van der Waals surface area contributed by atoms with E-state index in [4.69, 9.17) is 4.74 Å². The molecular weight excluding hydrogens is 238 g/mol. The monoisotopic (exact) mass is 261 g/mol. The van der Waals surface area contributed by atoms with Crippen LogP contribution >= 0.6 is 0 Å². The van der Waals surface area contributed by atoms with E-state index < -0.39 is 0 Å². The van der Waals surface area contributed by atoms with Gasteiger partial charge in [-0.2, -0.15) is 0 Å². The van der Waals surface area contributed by atoms with Gasteiger partial charge in [-0.1, -0.05) is 31.0 Å². The molecule has 0 radical (unpaired) electrons. The van der Waals surface area contributed by atoms with Crippen molar-refractivity contribution in [3.05, 3.63) is 29.3 Å². The van der Waals surface area contributed by atoms with E-state index >= 15 is 0 Å². The van der Waals surface area contributed by atoms with Crippen molar-refractivity contribution in [3.8, 4) is 0 Å². The van der Waals surface area contributed by atoms with Crippen molar-refractivity contribution in [1.29, 1.82) is 0 Å². The normalized spacial score (nSPS) is 22.9. The second-order valence-electron chi connectivity index (χ2n) is 5.65. The summed E-state index contributed by atoms with van der Waals surface area (Å²) in [6.45, 7) is 6.19. The summed E-state index contributed by atoms with van der Waals surface area (Å²) in [6, 6.07) is 5.97. The highest BCUT2D eigenvalue weighted by Gasteiger charge is 2.24. The number of benzene rings is 1. The number of carbonyl (C=O) groups excluding carboxylic acids is 1. The molecule has 0 heterocycles. The van der Waals surface area contributed by atoms with Gasteiger partial charge in [0.25, 0.3) is 0 Å². The minimum atomic E-state index is -0.328. The summed E-state index contributed by atoms with van der Waals surface area (Å²) in [5.41, 5.74) is 3.09. The lowest BCUT2D eigenvalue weighted by Gasteiger charge is -2.28. The van der Waals surface area contributed by atoms with E-state index in [1.165, 1.54) is 12.0 Å². The van der Waals surface area contributed by atoms with Crippen molar-refractivity contribution < 1.29 is 9.53 Å². The molecule has 0 bridgehead atoms. The summed E-state index contributed by atoms with van der Waals surface area (Å²) in [7, 11) is 0. The third-order valence-corrected chi connectivity index (χ3v) is 3.91. The van der Waals surface area contributed by atoms with E-state index in [1.54, 1.807) is 0 Å². The van der Waals surface area contributed by atoms with Crippen LogP contribution in [0.3, 0.4) is 0 Å². The van der Waals surface area contributed by atoms with Crippen LogP contribution in [-0.4, -0.2) is 12.2 Å². The highest BCUT2D eigenvalue weighted by molar-refractivity contribution is 5.85. The zero-order valence-electron chi connectivity index (χ0n) is 12.0. The van der Waals surface area contributed by atoms with Gasteiger partial charge in [0.15, 0.2) is 0 Å². The van der Waals surface area contributed by atoms with Gasteiger partial charge in [-0.25, -0.2) is 4.79 Å². The molecule has 19 heavy (non-hydrogen) atoms. The predicted molar refractivity (Wildman–Crippen MR) is 77.4 cm³/mol. The number of aryl methyl sites for hydroxylation is 2. The molecule has 1 N–H and O–H groups in total. The molecule has 0 aromatic heterocycles. The van der Waals surface area contributed by atoms with Crippen LogP contribution in [0.1, 0.15) is 43.7 Å². The number of hydrogen-bond acceptors (Lipinski definition) is 2. The van der Waals surface area contributed by atoms with Gasteiger partial charge in [0.05, 0.1) is 0 Å². The predicted octanol–water partition coefficient (Wildman–Crippen LogP) is 4.43. The van der Waals surface area contributed by atoms with Gasteiger partial charge in [-0.3, -0.25) is 5.32 Å². The van der Waals surface area contributed by atoms with Crippen LogP contribution in [0.4, 0.5) is 10.5 Å². The van der Waals surface area contributed by atoms with Gasteiger partial charge in [0.1, 0.15) is 6.10 Å². The molecule has 0 saturated heterocycles. The molecule has 0 spiro atoms. The number of rotatable bonds is 2. The molecule has 1 saturated carbocycles. The lowest BCUT2D eigenvalue weighted by Crippen LogP contribution is -2.30. The van der Waals surface area contributed by atoms with Gasteiger partial charge in [-0.05, 0) is 50.7 Å². The maximum Gasteiger partial charge on any atom is 0.411 e.